The lowest BCUT2D eigenvalue weighted by atomic mass is 10.0. The molecule has 0 heterocycles. The van der Waals surface area contributed by atoms with Crippen LogP contribution in [0.25, 0.3) is 0 Å². The third-order valence-electron chi connectivity index (χ3n) is 7.24. The van der Waals surface area contributed by atoms with Crippen molar-refractivity contribution in [2.75, 3.05) is 41.0 Å². The summed E-state index contributed by atoms with van der Waals surface area (Å²) in [6.07, 6.45) is 19.4. The Morgan fingerprint density at radius 1 is 0.650 bits per heavy atom. The van der Waals surface area contributed by atoms with E-state index in [1.165, 1.54) is 70.6 Å². The molecule has 0 rings (SSSR count). The number of quaternary nitrogens is 1. The molecule has 0 saturated heterocycles. The molecule has 40 heavy (non-hydrogen) atoms. The third-order valence-corrected chi connectivity index (χ3v) is 7.24. The van der Waals surface area contributed by atoms with Crippen LogP contribution in [0, 0.1) is 0 Å². The molecule has 0 amide bonds. The molecule has 0 aromatic carbocycles. The normalized spacial score (nSPS) is 13.1. The van der Waals surface area contributed by atoms with Crippen molar-refractivity contribution < 1.29 is 38.2 Å². The topological polar surface area (TPSA) is 102 Å². The highest BCUT2D eigenvalue weighted by Crippen LogP contribution is 2.14. The van der Waals surface area contributed by atoms with Crippen molar-refractivity contribution in [1.29, 1.82) is 0 Å². The van der Waals surface area contributed by atoms with Gasteiger partial charge >= 0.3 is 11.9 Å². The van der Waals surface area contributed by atoms with Gasteiger partial charge < -0.3 is 28.6 Å². The molecule has 0 aliphatic rings. The molecule has 0 aromatic rings. The second-order valence-corrected chi connectivity index (χ2v) is 12.1. The predicted octanol–water partition coefficient (Wildman–Crippen LogP) is 5.73. The van der Waals surface area contributed by atoms with Gasteiger partial charge in [0.25, 0.3) is 0 Å². The van der Waals surface area contributed by atoms with Crippen LogP contribution < -0.4 is 5.11 Å². The minimum atomic E-state index is -1.13. The second kappa shape index (κ2) is 25.1. The zero-order valence-electron chi connectivity index (χ0n) is 26.5. The Morgan fingerprint density at radius 3 is 1.60 bits per heavy atom. The standard InChI is InChI=1S/C32H61NO7/c1-6-8-10-11-12-13-14-15-16-17-18-19-20-21-23-31(35)40-28(27-39-30(34)22-9-7-2)26-38-25-24-29(32(36)37)33(3,4)5/h28-29H,6-27H2,1-5H3. The Morgan fingerprint density at radius 2 is 1.12 bits per heavy atom. The summed E-state index contributed by atoms with van der Waals surface area (Å²) in [6, 6.07) is -0.715. The molecule has 0 radical (unpaired) electrons. The molecular formula is C32H61NO7. The first kappa shape index (κ1) is 38.3. The highest BCUT2D eigenvalue weighted by atomic mass is 16.6. The summed E-state index contributed by atoms with van der Waals surface area (Å²) in [6.45, 7) is 4.41. The lowest BCUT2D eigenvalue weighted by Crippen LogP contribution is -2.55. The highest BCUT2D eigenvalue weighted by molar-refractivity contribution is 5.70. The van der Waals surface area contributed by atoms with Crippen LogP contribution in [0.3, 0.4) is 0 Å². The van der Waals surface area contributed by atoms with Gasteiger partial charge in [0.05, 0.1) is 40.3 Å². The third kappa shape index (κ3) is 23.1. The number of carboxylic acid groups (broad SMARTS) is 1. The van der Waals surface area contributed by atoms with Crippen molar-refractivity contribution in [3.63, 3.8) is 0 Å². The van der Waals surface area contributed by atoms with Gasteiger partial charge in [-0.05, 0) is 12.8 Å². The van der Waals surface area contributed by atoms with E-state index >= 15 is 0 Å². The monoisotopic (exact) mass is 571 g/mol. The van der Waals surface area contributed by atoms with Gasteiger partial charge in [0.1, 0.15) is 12.6 Å². The van der Waals surface area contributed by atoms with Crippen molar-refractivity contribution in [1.82, 2.24) is 0 Å². The molecule has 2 atom stereocenters. The summed E-state index contributed by atoms with van der Waals surface area (Å²) in [5.74, 6) is -1.77. The van der Waals surface area contributed by atoms with Crippen molar-refractivity contribution in [3.05, 3.63) is 0 Å². The summed E-state index contributed by atoms with van der Waals surface area (Å²) in [4.78, 5) is 35.8. The Balaban J connectivity index is 4.22. The Kier molecular flexibility index (Phi) is 24.0. The van der Waals surface area contributed by atoms with Crippen LogP contribution in [0.2, 0.25) is 0 Å². The lowest BCUT2D eigenvalue weighted by molar-refractivity contribution is -0.889. The van der Waals surface area contributed by atoms with Crippen LogP contribution in [-0.4, -0.2) is 75.5 Å². The van der Waals surface area contributed by atoms with E-state index in [0.29, 0.717) is 12.8 Å². The number of hydrogen-bond acceptors (Lipinski definition) is 7. The first-order valence-electron chi connectivity index (χ1n) is 16.1. The van der Waals surface area contributed by atoms with Crippen LogP contribution in [-0.2, 0) is 28.6 Å². The first-order valence-corrected chi connectivity index (χ1v) is 16.1. The van der Waals surface area contributed by atoms with Gasteiger partial charge in [-0.1, -0.05) is 104 Å². The number of likely N-dealkylation sites (N-methyl/N-ethyl adjacent to an activating group) is 1. The SMILES string of the molecule is CCCCCCCCCCCCCCCCC(=O)OC(COCCC(C(=O)[O-])[N+](C)(C)C)COC(=O)CCCC. The van der Waals surface area contributed by atoms with E-state index in [0.717, 1.165) is 32.1 Å². The minimum absolute atomic E-state index is 0.0441. The molecule has 2 unspecified atom stereocenters. The fourth-order valence-electron chi connectivity index (χ4n) is 4.64. The molecule has 8 heteroatoms. The maximum atomic E-state index is 12.4. The molecule has 0 aliphatic heterocycles. The Bertz CT molecular complexity index is 648. The fourth-order valence-corrected chi connectivity index (χ4v) is 4.64. The second-order valence-electron chi connectivity index (χ2n) is 12.1. The Hall–Kier alpha value is -1.67. The summed E-state index contributed by atoms with van der Waals surface area (Å²) >= 11 is 0. The summed E-state index contributed by atoms with van der Waals surface area (Å²) < 4.78 is 16.7. The largest absolute Gasteiger partial charge is 0.544 e. The predicted molar refractivity (Wildman–Crippen MR) is 158 cm³/mol. The molecular weight excluding hydrogens is 510 g/mol. The van der Waals surface area contributed by atoms with Crippen molar-refractivity contribution in [2.24, 2.45) is 0 Å². The van der Waals surface area contributed by atoms with Gasteiger partial charge in [0, 0.05) is 19.3 Å². The zero-order chi connectivity index (χ0) is 30.1. The number of aliphatic carboxylic acids is 1. The summed E-state index contributed by atoms with van der Waals surface area (Å²) in [7, 11) is 5.37. The van der Waals surface area contributed by atoms with E-state index in [1.807, 2.05) is 6.92 Å². The van der Waals surface area contributed by atoms with Crippen molar-refractivity contribution in [3.8, 4) is 0 Å². The average molecular weight is 572 g/mol. The fraction of sp³-hybridized carbons (Fsp3) is 0.906. The number of carbonyl (C=O) groups excluding carboxylic acids is 3. The molecule has 0 fully saturated rings. The molecule has 0 spiro atoms. The van der Waals surface area contributed by atoms with E-state index in [2.05, 4.69) is 6.92 Å². The minimum Gasteiger partial charge on any atom is -0.544 e. The van der Waals surface area contributed by atoms with E-state index in [9.17, 15) is 19.5 Å². The van der Waals surface area contributed by atoms with Crippen LogP contribution in [0.5, 0.6) is 0 Å². The molecule has 0 N–H and O–H groups in total. The van der Waals surface area contributed by atoms with Crippen LogP contribution in [0.1, 0.15) is 136 Å². The number of carboxylic acids is 1. The lowest BCUT2D eigenvalue weighted by Gasteiger charge is -2.34. The van der Waals surface area contributed by atoms with Gasteiger partial charge in [-0.25, -0.2) is 0 Å². The number of hydrogen-bond donors (Lipinski definition) is 0. The van der Waals surface area contributed by atoms with Crippen LogP contribution >= 0.6 is 0 Å². The smallest absolute Gasteiger partial charge is 0.306 e. The van der Waals surface area contributed by atoms with Crippen molar-refractivity contribution in [2.45, 2.75) is 148 Å². The average Bonchev–Trinajstić information content (AvgIpc) is 2.89. The molecule has 0 saturated carbocycles. The van der Waals surface area contributed by atoms with Crippen LogP contribution in [0.15, 0.2) is 0 Å². The highest BCUT2D eigenvalue weighted by Gasteiger charge is 2.25. The van der Waals surface area contributed by atoms with E-state index in [1.54, 1.807) is 21.1 Å². The number of carbonyl (C=O) groups is 3. The molecule has 236 valence electrons. The van der Waals surface area contributed by atoms with Gasteiger partial charge in [-0.3, -0.25) is 9.59 Å². The molecule has 0 aliphatic carbocycles. The van der Waals surface area contributed by atoms with E-state index < -0.39 is 18.1 Å². The number of ether oxygens (including phenoxy) is 3. The van der Waals surface area contributed by atoms with Gasteiger partial charge in [-0.2, -0.15) is 0 Å². The molecule has 8 nitrogen and oxygen atoms in total. The number of unbranched alkanes of at least 4 members (excludes halogenated alkanes) is 14. The first-order chi connectivity index (χ1) is 19.1. The maximum Gasteiger partial charge on any atom is 0.306 e. The van der Waals surface area contributed by atoms with E-state index in [-0.39, 0.29) is 42.7 Å². The quantitative estimate of drug-likeness (QED) is 0.0671. The van der Waals surface area contributed by atoms with Gasteiger partial charge in [0.15, 0.2) is 6.10 Å². The van der Waals surface area contributed by atoms with Gasteiger partial charge in [0.2, 0.25) is 0 Å². The van der Waals surface area contributed by atoms with Crippen LogP contribution in [0.4, 0.5) is 0 Å². The number of nitrogens with zero attached hydrogens (tertiary/aromatic N) is 1. The Labute approximate surface area is 245 Å². The summed E-state index contributed by atoms with van der Waals surface area (Å²) in [5.41, 5.74) is 0. The van der Waals surface area contributed by atoms with E-state index in [4.69, 9.17) is 14.2 Å². The van der Waals surface area contributed by atoms with Crippen molar-refractivity contribution >= 4 is 17.9 Å². The maximum absolute atomic E-state index is 12.4. The molecule has 0 aromatic heterocycles. The number of esters is 2. The summed E-state index contributed by atoms with van der Waals surface area (Å²) in [5, 5.41) is 11.4. The zero-order valence-corrected chi connectivity index (χ0v) is 26.5. The number of rotatable bonds is 28. The molecule has 0 bridgehead atoms. The van der Waals surface area contributed by atoms with Gasteiger partial charge in [-0.15, -0.1) is 0 Å².